The number of amides is 1. The van der Waals surface area contributed by atoms with E-state index in [4.69, 9.17) is 35.4 Å². The lowest BCUT2D eigenvalue weighted by Gasteiger charge is -2.14. The third-order valence-electron chi connectivity index (χ3n) is 15.9. The quantitative estimate of drug-likeness (QED) is 0.0858. The van der Waals surface area contributed by atoms with E-state index in [9.17, 15) is 24.3 Å². The number of nitrogens with one attached hydrogen (secondary N) is 3. The summed E-state index contributed by atoms with van der Waals surface area (Å²) in [7, 11) is 1.47. The van der Waals surface area contributed by atoms with Gasteiger partial charge in [-0.3, -0.25) is 34.1 Å². The maximum atomic E-state index is 13.6. The zero-order chi connectivity index (χ0) is 59.0. The Morgan fingerprint density at radius 1 is 0.425 bits per heavy atom. The highest BCUT2D eigenvalue weighted by Gasteiger charge is 2.21. The summed E-state index contributed by atoms with van der Waals surface area (Å²) in [4.78, 5) is 91.5. The number of carbonyl (C=O) groups is 1. The second-order valence-corrected chi connectivity index (χ2v) is 21.1. The number of ether oxygens (including phenoxy) is 1. The Balaban J connectivity index is 0.795. The summed E-state index contributed by atoms with van der Waals surface area (Å²) in [6.07, 6.45) is 9.46. The Morgan fingerprint density at radius 2 is 0.897 bits per heavy atom. The minimum atomic E-state index is -0.841. The molecular weight excluding hydrogens is 1090 g/mol. The molecule has 9 aromatic heterocycles. The van der Waals surface area contributed by atoms with E-state index in [0.717, 1.165) is 93.9 Å². The number of nitrogens with two attached hydrogens (primary N) is 1. The van der Waals surface area contributed by atoms with Crippen LogP contribution in [0, 0.1) is 0 Å². The summed E-state index contributed by atoms with van der Waals surface area (Å²) < 4.78 is 5.36. The van der Waals surface area contributed by atoms with Crippen molar-refractivity contribution in [3.05, 3.63) is 249 Å². The van der Waals surface area contributed by atoms with Crippen LogP contribution in [-0.2, 0) is 0 Å². The van der Waals surface area contributed by atoms with Crippen LogP contribution in [0.25, 0.3) is 155 Å². The van der Waals surface area contributed by atoms with Gasteiger partial charge in [0.2, 0.25) is 16.3 Å². The molecule has 6 aromatic carbocycles. The summed E-state index contributed by atoms with van der Waals surface area (Å²) in [5.41, 5.74) is 19.7. The topological polar surface area (TPSA) is 248 Å². The number of aromatic amines is 3. The van der Waals surface area contributed by atoms with E-state index in [2.05, 4.69) is 38.1 Å². The molecule has 0 aliphatic heterocycles. The van der Waals surface area contributed by atoms with Crippen LogP contribution in [0.5, 0.6) is 11.5 Å². The maximum absolute atomic E-state index is 13.6. The Kier molecular flexibility index (Phi) is 12.2. The van der Waals surface area contributed by atoms with Gasteiger partial charge in [-0.05, 0) is 107 Å². The maximum Gasteiger partial charge on any atom is 0.254 e. The normalized spacial score (nSPS) is 11.6. The molecular formula is C71H44N10O6. The van der Waals surface area contributed by atoms with Gasteiger partial charge in [-0.15, -0.1) is 0 Å². The molecule has 87 heavy (non-hydrogen) atoms. The largest absolute Gasteiger partial charge is 0.503 e. The molecule has 0 spiro atoms. The van der Waals surface area contributed by atoms with E-state index in [1.54, 1.807) is 18.3 Å². The number of methoxy groups -OCH3 is 1. The Morgan fingerprint density at radius 3 is 1.51 bits per heavy atom. The van der Waals surface area contributed by atoms with Gasteiger partial charge in [0.05, 0.1) is 56.9 Å². The van der Waals surface area contributed by atoms with Crippen LogP contribution in [0.2, 0.25) is 0 Å². The molecule has 16 nitrogen and oxygen atoms in total. The van der Waals surface area contributed by atoms with Crippen LogP contribution in [0.15, 0.2) is 227 Å². The highest BCUT2D eigenvalue weighted by Crippen LogP contribution is 2.40. The number of nitrogens with zero attached hydrogens (tertiary/aromatic N) is 6. The van der Waals surface area contributed by atoms with E-state index in [1.807, 2.05) is 158 Å². The number of hydrogen-bond acceptors (Lipinski definition) is 12. The lowest BCUT2D eigenvalue weighted by atomic mass is 9.94. The number of hydrogen-bond donors (Lipinski definition) is 5. The second kappa shape index (κ2) is 20.5. The summed E-state index contributed by atoms with van der Waals surface area (Å²) in [6.45, 7) is 0. The van der Waals surface area contributed by atoms with Crippen LogP contribution in [0.1, 0.15) is 10.4 Å². The number of primary amides is 1. The van der Waals surface area contributed by atoms with Crippen LogP contribution in [-0.4, -0.2) is 63.0 Å². The van der Waals surface area contributed by atoms with Crippen molar-refractivity contribution >= 4 is 71.7 Å². The fourth-order valence-electron chi connectivity index (χ4n) is 11.5. The van der Waals surface area contributed by atoms with Crippen molar-refractivity contribution < 1.29 is 14.6 Å². The van der Waals surface area contributed by atoms with Crippen molar-refractivity contribution in [1.29, 1.82) is 0 Å². The first-order valence-corrected chi connectivity index (χ1v) is 27.6. The first-order valence-electron chi connectivity index (χ1n) is 27.6. The van der Waals surface area contributed by atoms with Gasteiger partial charge in [0.1, 0.15) is 22.5 Å². The zero-order valence-corrected chi connectivity index (χ0v) is 46.0. The number of aromatic nitrogens is 9. The molecule has 1 amide bonds. The van der Waals surface area contributed by atoms with Crippen molar-refractivity contribution in [1.82, 2.24) is 44.9 Å². The zero-order valence-electron chi connectivity index (χ0n) is 46.0. The van der Waals surface area contributed by atoms with Gasteiger partial charge in [0.15, 0.2) is 11.5 Å². The third-order valence-corrected chi connectivity index (χ3v) is 15.9. The smallest absolute Gasteiger partial charge is 0.254 e. The van der Waals surface area contributed by atoms with Crippen LogP contribution < -0.4 is 26.8 Å². The van der Waals surface area contributed by atoms with Crippen LogP contribution in [0.4, 0.5) is 0 Å². The highest BCUT2D eigenvalue weighted by atomic mass is 16.5. The lowest BCUT2D eigenvalue weighted by molar-refractivity contribution is 0.0999. The number of fused-ring (bicyclic) bond motifs is 6. The van der Waals surface area contributed by atoms with Gasteiger partial charge in [-0.2, -0.15) is 0 Å². The number of aromatic hydroxyl groups is 1. The fourth-order valence-corrected chi connectivity index (χ4v) is 11.5. The van der Waals surface area contributed by atoms with E-state index in [0.29, 0.717) is 50.5 Å². The summed E-state index contributed by atoms with van der Waals surface area (Å²) in [5.74, 6) is -1.07. The van der Waals surface area contributed by atoms with Crippen molar-refractivity contribution in [2.75, 3.05) is 7.11 Å². The van der Waals surface area contributed by atoms with Gasteiger partial charge in [-0.1, -0.05) is 97.1 Å². The molecule has 0 bridgehead atoms. The lowest BCUT2D eigenvalue weighted by Crippen LogP contribution is -2.22. The first kappa shape index (κ1) is 51.6. The molecule has 0 aliphatic carbocycles. The monoisotopic (exact) mass is 1130 g/mol. The van der Waals surface area contributed by atoms with E-state index < -0.39 is 22.5 Å². The minimum Gasteiger partial charge on any atom is -0.503 e. The average molecular weight is 1130 g/mol. The van der Waals surface area contributed by atoms with Gasteiger partial charge in [-0.25, -0.2) is 15.0 Å². The summed E-state index contributed by atoms with van der Waals surface area (Å²) in [6, 6.07) is 56.9. The molecule has 15 aromatic rings. The first-order chi connectivity index (χ1) is 42.5. The van der Waals surface area contributed by atoms with Crippen molar-refractivity contribution in [2.24, 2.45) is 5.73 Å². The minimum absolute atomic E-state index is 0.166. The second-order valence-electron chi connectivity index (χ2n) is 21.1. The van der Waals surface area contributed by atoms with E-state index in [-0.39, 0.29) is 27.5 Å². The molecule has 6 N–H and O–H groups in total. The van der Waals surface area contributed by atoms with Gasteiger partial charge in [0.25, 0.3) is 5.91 Å². The van der Waals surface area contributed by atoms with Crippen molar-refractivity contribution in [3.8, 4) is 101 Å². The molecule has 15 rings (SSSR count). The van der Waals surface area contributed by atoms with Crippen LogP contribution in [0.3, 0.4) is 0 Å². The molecule has 9 heterocycles. The number of carbonyl (C=O) groups excluding carboxylic acids is 1. The van der Waals surface area contributed by atoms with Gasteiger partial charge < -0.3 is 30.5 Å². The summed E-state index contributed by atoms with van der Waals surface area (Å²) in [5, 5.41) is 14.0. The number of pyridine rings is 9. The highest BCUT2D eigenvalue weighted by molar-refractivity contribution is 6.00. The molecule has 0 saturated heterocycles. The van der Waals surface area contributed by atoms with Crippen LogP contribution >= 0.6 is 0 Å². The predicted molar refractivity (Wildman–Crippen MR) is 340 cm³/mol. The molecule has 16 heteroatoms. The summed E-state index contributed by atoms with van der Waals surface area (Å²) >= 11 is 0. The molecule has 0 aliphatic rings. The Labute approximate surface area is 492 Å². The predicted octanol–water partition coefficient (Wildman–Crippen LogP) is 13.2. The number of H-pyrrole nitrogens is 3. The number of benzene rings is 6. The average Bonchev–Trinajstić information content (AvgIpc) is 2.15. The molecule has 0 radical (unpaired) electrons. The molecule has 0 unspecified atom stereocenters. The number of rotatable bonds is 10. The molecule has 0 saturated carbocycles. The van der Waals surface area contributed by atoms with Crippen molar-refractivity contribution in [2.45, 2.75) is 0 Å². The molecule has 414 valence electrons. The Hall–Kier alpha value is -12.3. The molecule has 0 fully saturated rings. The van der Waals surface area contributed by atoms with E-state index in [1.165, 1.54) is 25.7 Å². The van der Waals surface area contributed by atoms with Crippen molar-refractivity contribution in [3.63, 3.8) is 0 Å². The molecule has 0 atom stereocenters. The Bertz CT molecular complexity index is 5590. The standard InChI is InChI=1S/C71H44N10O6/c1-87-61-36-78-71-55(67(61)85)31-51(62(79-71)38-7-3-2-4-8-38)43-18-20-58-46(25-43)27-48(32-74-58)37-12-14-39(15-13-37)63-50(30-54-66(84)60(82)35-77-70(54)80-63)42-17-21-59-47(26-42)28-49(33-75-59)40-9-5-10-45(23-40)64-52(41-16-19-57-44(24-41)11-6-22-73-57)29-53-65(83)56(68(72)86)34-76-69(53)81-64/h2-36,82H,1H3,(H2,72,86)(H,76,81,83)(H,77,80,84)(H,78,79,85). The SMILES string of the molecule is COc1c[nH]c2nc(-c3ccccc3)c(-c3ccc4ncc(-c5ccc(-c6nc7[nH]cc(O)c(=O)c7cc6-c6ccc7ncc(-c8cccc(-c9nc%10[nH]cc(C(N)=O)c(=O)c%10cc9-c9ccc%10ncccc%10c9)c8)cc7c6)cc5)cc4c3)cc2c1=O. The van der Waals surface area contributed by atoms with Gasteiger partial charge >= 0.3 is 0 Å². The third kappa shape index (κ3) is 9.04. The van der Waals surface area contributed by atoms with E-state index >= 15 is 0 Å². The van der Waals surface area contributed by atoms with Gasteiger partial charge in [0, 0.05) is 97.8 Å². The fraction of sp³-hybridized carbons (Fsp3) is 0.0141.